The van der Waals surface area contributed by atoms with Crippen molar-refractivity contribution < 1.29 is 22.3 Å². The summed E-state index contributed by atoms with van der Waals surface area (Å²) in [5.74, 6) is -0.569. The monoisotopic (exact) mass is 301 g/mol. The molecule has 0 saturated heterocycles. The summed E-state index contributed by atoms with van der Waals surface area (Å²) in [5, 5.41) is 0. The Labute approximate surface area is 97.5 Å². The topological polar surface area (TPSA) is 35.2 Å². The third-order valence-corrected chi connectivity index (χ3v) is 2.51. The number of alkyl halides is 3. The standard InChI is InChI=1S/C9H8BrF4NO/c10-7-2-1-5(11)3-6(7)8(15)4-16-9(12,13)14/h1-3,8H,4,15H2. The van der Waals surface area contributed by atoms with Gasteiger partial charge in [0.1, 0.15) is 5.82 Å². The van der Waals surface area contributed by atoms with Gasteiger partial charge in [-0.15, -0.1) is 13.2 Å². The maximum absolute atomic E-state index is 12.8. The molecular formula is C9H8BrF4NO. The molecule has 90 valence electrons. The van der Waals surface area contributed by atoms with Gasteiger partial charge in [0, 0.05) is 4.47 Å². The first-order valence-electron chi connectivity index (χ1n) is 4.21. The fourth-order valence-corrected chi connectivity index (χ4v) is 1.61. The predicted octanol–water partition coefficient (Wildman–Crippen LogP) is 3.12. The third-order valence-electron chi connectivity index (χ3n) is 1.78. The summed E-state index contributed by atoms with van der Waals surface area (Å²) in [5.41, 5.74) is 5.68. The van der Waals surface area contributed by atoms with Crippen LogP contribution in [0.25, 0.3) is 0 Å². The number of benzene rings is 1. The number of halogens is 5. The quantitative estimate of drug-likeness (QED) is 0.871. The lowest BCUT2D eigenvalue weighted by Gasteiger charge is -2.15. The molecule has 1 aromatic carbocycles. The maximum Gasteiger partial charge on any atom is 0.522 e. The van der Waals surface area contributed by atoms with Crippen molar-refractivity contribution in [2.75, 3.05) is 6.61 Å². The third kappa shape index (κ3) is 4.07. The van der Waals surface area contributed by atoms with E-state index in [9.17, 15) is 17.6 Å². The molecule has 0 aliphatic heterocycles. The number of nitrogens with two attached hydrogens (primary N) is 1. The van der Waals surface area contributed by atoms with Crippen LogP contribution in [0.1, 0.15) is 11.6 Å². The zero-order valence-electron chi connectivity index (χ0n) is 7.89. The highest BCUT2D eigenvalue weighted by Crippen LogP contribution is 2.25. The van der Waals surface area contributed by atoms with E-state index in [0.717, 1.165) is 6.07 Å². The van der Waals surface area contributed by atoms with Crippen LogP contribution in [0.3, 0.4) is 0 Å². The minimum atomic E-state index is -4.74. The Hall–Kier alpha value is -0.660. The Morgan fingerprint density at radius 1 is 1.38 bits per heavy atom. The number of hydrogen-bond acceptors (Lipinski definition) is 2. The minimum Gasteiger partial charge on any atom is -0.322 e. The van der Waals surface area contributed by atoms with E-state index in [0.29, 0.717) is 4.47 Å². The maximum atomic E-state index is 12.8. The van der Waals surface area contributed by atoms with Gasteiger partial charge in [0.2, 0.25) is 0 Å². The molecule has 1 aromatic rings. The number of hydrogen-bond donors (Lipinski definition) is 1. The van der Waals surface area contributed by atoms with E-state index in [4.69, 9.17) is 5.73 Å². The Bertz CT molecular complexity index is 369. The normalized spacial score (nSPS) is 13.9. The van der Waals surface area contributed by atoms with Crippen molar-refractivity contribution in [3.63, 3.8) is 0 Å². The molecule has 7 heteroatoms. The molecule has 2 N–H and O–H groups in total. The Morgan fingerprint density at radius 2 is 2.00 bits per heavy atom. The molecule has 0 saturated carbocycles. The smallest absolute Gasteiger partial charge is 0.322 e. The van der Waals surface area contributed by atoms with Gasteiger partial charge in [-0.2, -0.15) is 0 Å². The van der Waals surface area contributed by atoms with E-state index in [1.807, 2.05) is 0 Å². The van der Waals surface area contributed by atoms with Crippen molar-refractivity contribution in [1.82, 2.24) is 0 Å². The van der Waals surface area contributed by atoms with Crippen LogP contribution in [-0.4, -0.2) is 13.0 Å². The molecule has 16 heavy (non-hydrogen) atoms. The fourth-order valence-electron chi connectivity index (χ4n) is 1.07. The SMILES string of the molecule is NC(COC(F)(F)F)c1cc(F)ccc1Br. The highest BCUT2D eigenvalue weighted by molar-refractivity contribution is 9.10. The Balaban J connectivity index is 2.73. The van der Waals surface area contributed by atoms with Gasteiger partial charge in [-0.1, -0.05) is 15.9 Å². The van der Waals surface area contributed by atoms with Gasteiger partial charge >= 0.3 is 6.36 Å². The lowest BCUT2D eigenvalue weighted by atomic mass is 10.1. The van der Waals surface area contributed by atoms with Crippen LogP contribution in [-0.2, 0) is 4.74 Å². The van der Waals surface area contributed by atoms with Crippen molar-refractivity contribution in [2.45, 2.75) is 12.4 Å². The summed E-state index contributed by atoms with van der Waals surface area (Å²) < 4.78 is 52.1. The van der Waals surface area contributed by atoms with Crippen LogP contribution in [0, 0.1) is 5.82 Å². The van der Waals surface area contributed by atoms with Crippen molar-refractivity contribution in [2.24, 2.45) is 5.73 Å². The molecule has 1 rings (SSSR count). The van der Waals surface area contributed by atoms with Gasteiger partial charge in [0.05, 0.1) is 12.6 Å². The largest absolute Gasteiger partial charge is 0.522 e. The van der Waals surface area contributed by atoms with Gasteiger partial charge in [-0.3, -0.25) is 4.74 Å². The second-order valence-corrected chi connectivity index (χ2v) is 3.88. The summed E-state index contributed by atoms with van der Waals surface area (Å²) >= 11 is 3.07. The van der Waals surface area contributed by atoms with Crippen LogP contribution in [0.15, 0.2) is 22.7 Å². The second-order valence-electron chi connectivity index (χ2n) is 3.03. The summed E-state index contributed by atoms with van der Waals surface area (Å²) in [4.78, 5) is 0. The van der Waals surface area contributed by atoms with Crippen molar-refractivity contribution in [3.8, 4) is 0 Å². The molecular weight excluding hydrogens is 294 g/mol. The first kappa shape index (κ1) is 13.4. The molecule has 1 atom stereocenters. The second kappa shape index (κ2) is 5.11. The zero-order chi connectivity index (χ0) is 12.3. The summed E-state index contributed by atoms with van der Waals surface area (Å²) in [6.07, 6.45) is -4.74. The predicted molar refractivity (Wildman–Crippen MR) is 53.0 cm³/mol. The molecule has 0 amide bonds. The van der Waals surface area contributed by atoms with Crippen LogP contribution in [0.4, 0.5) is 17.6 Å². The van der Waals surface area contributed by atoms with E-state index < -0.39 is 24.8 Å². The molecule has 0 aliphatic rings. The van der Waals surface area contributed by atoms with Crippen molar-refractivity contribution >= 4 is 15.9 Å². The lowest BCUT2D eigenvalue weighted by Crippen LogP contribution is -2.23. The summed E-state index contributed by atoms with van der Waals surface area (Å²) in [6, 6.07) is 2.56. The molecule has 0 radical (unpaired) electrons. The number of rotatable bonds is 3. The molecule has 2 nitrogen and oxygen atoms in total. The zero-order valence-corrected chi connectivity index (χ0v) is 9.48. The van der Waals surface area contributed by atoms with Gasteiger partial charge in [-0.05, 0) is 23.8 Å². The molecule has 0 spiro atoms. The summed E-state index contributed by atoms with van der Waals surface area (Å²) in [7, 11) is 0. The first-order chi connectivity index (χ1) is 7.29. The van der Waals surface area contributed by atoms with Gasteiger partial charge < -0.3 is 5.73 Å². The Kier molecular flexibility index (Phi) is 4.28. The van der Waals surface area contributed by atoms with E-state index in [-0.39, 0.29) is 5.56 Å². The molecule has 0 heterocycles. The van der Waals surface area contributed by atoms with Gasteiger partial charge in [0.25, 0.3) is 0 Å². The highest BCUT2D eigenvalue weighted by Gasteiger charge is 2.30. The molecule has 0 bridgehead atoms. The van der Waals surface area contributed by atoms with Crippen LogP contribution in [0.2, 0.25) is 0 Å². The van der Waals surface area contributed by atoms with Crippen LogP contribution < -0.4 is 5.73 Å². The van der Waals surface area contributed by atoms with E-state index in [1.165, 1.54) is 12.1 Å². The van der Waals surface area contributed by atoms with E-state index in [1.54, 1.807) is 0 Å². The Morgan fingerprint density at radius 3 is 2.56 bits per heavy atom. The van der Waals surface area contributed by atoms with E-state index >= 15 is 0 Å². The molecule has 0 aliphatic carbocycles. The molecule has 0 aromatic heterocycles. The van der Waals surface area contributed by atoms with E-state index in [2.05, 4.69) is 20.7 Å². The lowest BCUT2D eigenvalue weighted by molar-refractivity contribution is -0.326. The average Bonchev–Trinajstić information content (AvgIpc) is 2.17. The van der Waals surface area contributed by atoms with Crippen LogP contribution in [0.5, 0.6) is 0 Å². The van der Waals surface area contributed by atoms with Crippen molar-refractivity contribution in [1.29, 1.82) is 0 Å². The average molecular weight is 302 g/mol. The molecule has 0 fully saturated rings. The first-order valence-corrected chi connectivity index (χ1v) is 5.00. The highest BCUT2D eigenvalue weighted by atomic mass is 79.9. The number of ether oxygens (including phenoxy) is 1. The minimum absolute atomic E-state index is 0.226. The van der Waals surface area contributed by atoms with Gasteiger partial charge in [-0.25, -0.2) is 4.39 Å². The fraction of sp³-hybridized carbons (Fsp3) is 0.333. The van der Waals surface area contributed by atoms with Crippen LogP contribution >= 0.6 is 15.9 Å². The van der Waals surface area contributed by atoms with Gasteiger partial charge in [0.15, 0.2) is 0 Å². The summed E-state index contributed by atoms with van der Waals surface area (Å²) in [6.45, 7) is -0.758. The van der Waals surface area contributed by atoms with Crippen molar-refractivity contribution in [3.05, 3.63) is 34.1 Å². The molecule has 1 unspecified atom stereocenters.